The maximum atomic E-state index is 11.6. The second kappa shape index (κ2) is 12.0. The summed E-state index contributed by atoms with van der Waals surface area (Å²) < 4.78 is 27.1. The lowest BCUT2D eigenvalue weighted by atomic mass is 10.0. The van der Waals surface area contributed by atoms with Crippen LogP contribution in [0.1, 0.15) is 34.1 Å². The van der Waals surface area contributed by atoms with Gasteiger partial charge in [-0.05, 0) is 6.92 Å². The Labute approximate surface area is 178 Å². The normalized spacial score (nSPS) is 28.2. The van der Waals surface area contributed by atoms with E-state index < -0.39 is 52.5 Å². The summed E-state index contributed by atoms with van der Waals surface area (Å²) in [5.41, 5.74) is 0. The molecule has 0 aromatic carbocycles. The van der Waals surface area contributed by atoms with Crippen LogP contribution >= 0.6 is 22.6 Å². The van der Waals surface area contributed by atoms with Gasteiger partial charge in [-0.2, -0.15) is 0 Å². The highest BCUT2D eigenvalue weighted by Crippen LogP contribution is 2.33. The van der Waals surface area contributed by atoms with Gasteiger partial charge in [-0.25, -0.2) is 0 Å². The highest BCUT2D eigenvalue weighted by molar-refractivity contribution is 14.1. The largest absolute Gasteiger partial charge is 0.463 e. The van der Waals surface area contributed by atoms with Crippen LogP contribution in [0, 0.1) is 12.3 Å². The predicted molar refractivity (Wildman–Crippen MR) is 107 cm³/mol. The Morgan fingerprint density at radius 3 is 2.25 bits per heavy atom. The molecule has 0 radical (unpaired) electrons. The molecule has 0 bridgehead atoms. The Morgan fingerprint density at radius 2 is 1.75 bits per heavy atom. The standard InChI is InChI=1S/C19H25IO8/c1-6-8-14(9-7-2)27-19-16(20)18(26-13(5)23)17(25-12(4)22)15(28-19)10-24-11(3)21/h1,7,9,14-19H,8,10H2,2-5H3/b9-7+/t14-,15+,16-,17+,18+,19-/m0/s1. The van der Waals surface area contributed by atoms with E-state index in [1.807, 2.05) is 29.5 Å². The number of terminal acetylenes is 1. The van der Waals surface area contributed by atoms with Crippen molar-refractivity contribution in [2.45, 2.75) is 68.7 Å². The second-order valence-electron chi connectivity index (χ2n) is 6.05. The van der Waals surface area contributed by atoms with Crippen LogP contribution in [0.2, 0.25) is 0 Å². The Balaban J connectivity index is 3.15. The van der Waals surface area contributed by atoms with Crippen molar-refractivity contribution >= 4 is 40.5 Å². The van der Waals surface area contributed by atoms with Crippen molar-refractivity contribution in [2.24, 2.45) is 0 Å². The van der Waals surface area contributed by atoms with Crippen molar-refractivity contribution < 1.29 is 38.1 Å². The Morgan fingerprint density at radius 1 is 1.14 bits per heavy atom. The molecule has 1 saturated heterocycles. The molecule has 1 heterocycles. The molecule has 0 amide bonds. The number of esters is 3. The van der Waals surface area contributed by atoms with Crippen LogP contribution in [-0.4, -0.2) is 59.1 Å². The van der Waals surface area contributed by atoms with Gasteiger partial charge in [0.1, 0.15) is 16.6 Å². The fraction of sp³-hybridized carbons (Fsp3) is 0.632. The average molecular weight is 508 g/mol. The molecule has 0 aromatic heterocycles. The number of carbonyl (C=O) groups excluding carboxylic acids is 3. The Kier molecular flexibility index (Phi) is 10.5. The first-order valence-corrected chi connectivity index (χ1v) is 9.93. The summed E-state index contributed by atoms with van der Waals surface area (Å²) in [5.74, 6) is 0.869. The molecule has 0 N–H and O–H groups in total. The minimum atomic E-state index is -0.963. The van der Waals surface area contributed by atoms with Crippen molar-refractivity contribution in [3.05, 3.63) is 12.2 Å². The number of hydrogen-bond acceptors (Lipinski definition) is 8. The number of alkyl halides is 1. The van der Waals surface area contributed by atoms with Crippen molar-refractivity contribution in [1.82, 2.24) is 0 Å². The molecule has 0 unspecified atom stereocenters. The van der Waals surface area contributed by atoms with Gasteiger partial charge in [-0.15, -0.1) is 12.3 Å². The minimum absolute atomic E-state index is 0.197. The fourth-order valence-electron chi connectivity index (χ4n) is 2.64. The average Bonchev–Trinajstić information content (AvgIpc) is 2.59. The maximum absolute atomic E-state index is 11.6. The van der Waals surface area contributed by atoms with Gasteiger partial charge in [0.05, 0.1) is 6.10 Å². The molecule has 9 heteroatoms. The molecule has 8 nitrogen and oxygen atoms in total. The van der Waals surface area contributed by atoms with Gasteiger partial charge < -0.3 is 23.7 Å². The highest BCUT2D eigenvalue weighted by Gasteiger charge is 2.50. The summed E-state index contributed by atoms with van der Waals surface area (Å²) in [6, 6.07) is 0. The summed E-state index contributed by atoms with van der Waals surface area (Å²) >= 11 is 2.02. The summed E-state index contributed by atoms with van der Waals surface area (Å²) in [7, 11) is 0. The molecule has 0 spiro atoms. The number of halogens is 1. The van der Waals surface area contributed by atoms with Crippen LogP contribution in [-0.2, 0) is 38.1 Å². The topological polar surface area (TPSA) is 97.4 Å². The smallest absolute Gasteiger partial charge is 0.303 e. The molecule has 6 atom stereocenters. The van der Waals surface area contributed by atoms with E-state index in [4.69, 9.17) is 30.1 Å². The lowest BCUT2D eigenvalue weighted by Crippen LogP contribution is -2.60. The van der Waals surface area contributed by atoms with E-state index >= 15 is 0 Å². The van der Waals surface area contributed by atoms with E-state index in [0.29, 0.717) is 6.42 Å². The zero-order chi connectivity index (χ0) is 21.3. The van der Waals surface area contributed by atoms with Crippen LogP contribution in [0.15, 0.2) is 12.2 Å². The van der Waals surface area contributed by atoms with Crippen LogP contribution < -0.4 is 0 Å². The Hall–Kier alpha value is -1.64. The molecule has 1 aliphatic heterocycles. The minimum Gasteiger partial charge on any atom is -0.463 e. The molecule has 1 rings (SSSR count). The maximum Gasteiger partial charge on any atom is 0.303 e. The van der Waals surface area contributed by atoms with E-state index in [9.17, 15) is 14.4 Å². The first-order valence-electron chi connectivity index (χ1n) is 8.68. The molecule has 0 saturated carbocycles. The van der Waals surface area contributed by atoms with Crippen LogP contribution in [0.4, 0.5) is 0 Å². The third-order valence-corrected chi connectivity index (χ3v) is 4.96. The molecule has 0 aromatic rings. The molecular formula is C19H25IO8. The van der Waals surface area contributed by atoms with Crippen molar-refractivity contribution in [1.29, 1.82) is 0 Å². The highest BCUT2D eigenvalue weighted by atomic mass is 127. The summed E-state index contributed by atoms with van der Waals surface area (Å²) in [4.78, 5) is 34.4. The molecule has 28 heavy (non-hydrogen) atoms. The molecule has 1 aliphatic rings. The van der Waals surface area contributed by atoms with Gasteiger partial charge in [0.15, 0.2) is 18.5 Å². The molecule has 156 valence electrons. The van der Waals surface area contributed by atoms with E-state index in [-0.39, 0.29) is 6.61 Å². The zero-order valence-corrected chi connectivity index (χ0v) is 18.4. The summed E-state index contributed by atoms with van der Waals surface area (Å²) in [5, 5.41) is 0. The monoisotopic (exact) mass is 508 g/mol. The van der Waals surface area contributed by atoms with E-state index in [1.54, 1.807) is 12.2 Å². The quantitative estimate of drug-likeness (QED) is 0.123. The molecule has 1 fully saturated rings. The van der Waals surface area contributed by atoms with Crippen molar-refractivity contribution in [3.63, 3.8) is 0 Å². The van der Waals surface area contributed by atoms with Gasteiger partial charge in [0.2, 0.25) is 0 Å². The van der Waals surface area contributed by atoms with Crippen molar-refractivity contribution in [2.75, 3.05) is 6.61 Å². The number of allylic oxidation sites excluding steroid dienone is 1. The van der Waals surface area contributed by atoms with Gasteiger partial charge in [-0.1, -0.05) is 34.7 Å². The second-order valence-corrected chi connectivity index (χ2v) is 7.48. The lowest BCUT2D eigenvalue weighted by molar-refractivity contribution is -0.265. The third kappa shape index (κ3) is 7.77. The lowest BCUT2D eigenvalue weighted by Gasteiger charge is -2.43. The van der Waals surface area contributed by atoms with Gasteiger partial charge in [-0.3, -0.25) is 14.4 Å². The van der Waals surface area contributed by atoms with E-state index in [1.165, 1.54) is 20.8 Å². The third-order valence-electron chi connectivity index (χ3n) is 3.66. The SMILES string of the molecule is C#CC[C@@H](/C=C/C)O[C@H]1O[C@H](COC(C)=O)[C@@H](OC(C)=O)[C@H](OC(C)=O)[C@@H]1I. The number of carbonyl (C=O) groups is 3. The Bertz CT molecular complexity index is 626. The fourth-order valence-corrected chi connectivity index (χ4v) is 3.53. The van der Waals surface area contributed by atoms with E-state index in [0.717, 1.165) is 0 Å². The first-order chi connectivity index (χ1) is 13.2. The molecular weight excluding hydrogens is 483 g/mol. The van der Waals surface area contributed by atoms with Gasteiger partial charge in [0.25, 0.3) is 0 Å². The predicted octanol–water partition coefficient (Wildman–Crippen LogP) is 1.93. The number of ether oxygens (including phenoxy) is 5. The summed E-state index contributed by atoms with van der Waals surface area (Å²) in [6.07, 6.45) is 5.31. The van der Waals surface area contributed by atoms with E-state index in [2.05, 4.69) is 5.92 Å². The van der Waals surface area contributed by atoms with Crippen LogP contribution in [0.25, 0.3) is 0 Å². The molecule has 0 aliphatic carbocycles. The number of rotatable bonds is 8. The van der Waals surface area contributed by atoms with Crippen LogP contribution in [0.5, 0.6) is 0 Å². The van der Waals surface area contributed by atoms with Gasteiger partial charge in [0, 0.05) is 27.2 Å². The zero-order valence-electron chi connectivity index (χ0n) is 16.3. The summed E-state index contributed by atoms with van der Waals surface area (Å²) in [6.45, 7) is 5.36. The van der Waals surface area contributed by atoms with Crippen LogP contribution in [0.3, 0.4) is 0 Å². The first kappa shape index (κ1) is 24.4. The van der Waals surface area contributed by atoms with Crippen molar-refractivity contribution in [3.8, 4) is 12.3 Å². The number of hydrogen-bond donors (Lipinski definition) is 0. The van der Waals surface area contributed by atoms with Gasteiger partial charge >= 0.3 is 17.9 Å².